The molecule has 1 rings (SSSR count). The highest BCUT2D eigenvalue weighted by atomic mass is 19.4. The van der Waals surface area contributed by atoms with Gasteiger partial charge < -0.3 is 16.2 Å². The molecule has 4 N–H and O–H groups in total. The average Bonchev–Trinajstić information content (AvgIpc) is 2.26. The van der Waals surface area contributed by atoms with Crippen molar-refractivity contribution in [3.63, 3.8) is 0 Å². The molecule has 3 nitrogen and oxygen atoms in total. The lowest BCUT2D eigenvalue weighted by molar-refractivity contribution is -0.137. The monoisotopic (exact) mass is 234 g/mol. The molecule has 90 valence electrons. The Bertz CT molecular complexity index is 366. The summed E-state index contributed by atoms with van der Waals surface area (Å²) in [6.07, 6.45) is -4.39. The summed E-state index contributed by atoms with van der Waals surface area (Å²) < 4.78 is 42.1. The lowest BCUT2D eigenvalue weighted by Crippen LogP contribution is -2.21. The van der Waals surface area contributed by atoms with Crippen molar-refractivity contribution >= 4 is 0 Å². The minimum atomic E-state index is -4.39. The minimum Gasteiger partial charge on any atom is -0.496 e. The first-order valence-electron chi connectivity index (χ1n) is 4.61. The molecule has 1 atom stereocenters. The fourth-order valence-corrected chi connectivity index (χ4v) is 1.32. The first-order chi connectivity index (χ1) is 7.40. The number of hydrogen-bond donors (Lipinski definition) is 2. The van der Waals surface area contributed by atoms with Crippen molar-refractivity contribution < 1.29 is 17.9 Å². The highest BCUT2D eigenvalue weighted by Crippen LogP contribution is 2.34. The minimum absolute atomic E-state index is 0.104. The molecule has 0 saturated carbocycles. The largest absolute Gasteiger partial charge is 0.496 e. The molecule has 1 aromatic carbocycles. The zero-order chi connectivity index (χ0) is 12.3. The van der Waals surface area contributed by atoms with Gasteiger partial charge in [-0.15, -0.1) is 0 Å². The number of ether oxygens (including phenoxy) is 1. The second kappa shape index (κ2) is 4.71. The summed E-state index contributed by atoms with van der Waals surface area (Å²) in [7, 11) is 1.29. The topological polar surface area (TPSA) is 61.3 Å². The molecular formula is C10H13F3N2O. The Morgan fingerprint density at radius 3 is 2.44 bits per heavy atom. The highest BCUT2D eigenvalue weighted by Gasteiger charge is 2.31. The molecule has 0 saturated heterocycles. The van der Waals surface area contributed by atoms with Crippen LogP contribution in [0.5, 0.6) is 5.75 Å². The highest BCUT2D eigenvalue weighted by molar-refractivity contribution is 5.40. The first-order valence-corrected chi connectivity index (χ1v) is 4.61. The summed E-state index contributed by atoms with van der Waals surface area (Å²) in [6, 6.07) is 2.65. The van der Waals surface area contributed by atoms with Crippen LogP contribution in [0.2, 0.25) is 0 Å². The first kappa shape index (κ1) is 12.8. The molecule has 0 radical (unpaired) electrons. The fraction of sp³-hybridized carbons (Fsp3) is 0.400. The van der Waals surface area contributed by atoms with Crippen LogP contribution < -0.4 is 16.2 Å². The van der Waals surface area contributed by atoms with Gasteiger partial charge in [0.1, 0.15) is 5.75 Å². The van der Waals surface area contributed by atoms with E-state index in [2.05, 4.69) is 0 Å². The van der Waals surface area contributed by atoms with Crippen LogP contribution in [0.15, 0.2) is 18.2 Å². The Morgan fingerprint density at radius 1 is 1.38 bits per heavy atom. The third-order valence-corrected chi connectivity index (χ3v) is 2.21. The number of hydrogen-bond acceptors (Lipinski definition) is 3. The van der Waals surface area contributed by atoms with E-state index in [0.29, 0.717) is 5.56 Å². The van der Waals surface area contributed by atoms with E-state index in [1.165, 1.54) is 13.2 Å². The van der Waals surface area contributed by atoms with Gasteiger partial charge in [0.2, 0.25) is 0 Å². The maximum Gasteiger partial charge on any atom is 0.416 e. The number of methoxy groups -OCH3 is 1. The van der Waals surface area contributed by atoms with Crippen LogP contribution in [0.25, 0.3) is 0 Å². The Labute approximate surface area is 91.2 Å². The Hall–Kier alpha value is -1.27. The van der Waals surface area contributed by atoms with E-state index in [1.807, 2.05) is 0 Å². The van der Waals surface area contributed by atoms with E-state index >= 15 is 0 Å². The number of alkyl halides is 3. The molecule has 0 fully saturated rings. The van der Waals surface area contributed by atoms with E-state index in [0.717, 1.165) is 12.1 Å². The molecule has 0 aliphatic rings. The Balaban J connectivity index is 3.17. The zero-order valence-electron chi connectivity index (χ0n) is 8.71. The normalized spacial score (nSPS) is 13.6. The number of halogens is 3. The van der Waals surface area contributed by atoms with Gasteiger partial charge in [0, 0.05) is 18.2 Å². The zero-order valence-corrected chi connectivity index (χ0v) is 8.71. The molecular weight excluding hydrogens is 221 g/mol. The second-order valence-electron chi connectivity index (χ2n) is 3.30. The molecule has 0 amide bonds. The SMILES string of the molecule is COc1cc(C(F)(F)F)ccc1[C@H](N)CN. The lowest BCUT2D eigenvalue weighted by atomic mass is 10.0. The van der Waals surface area contributed by atoms with Gasteiger partial charge in [-0.1, -0.05) is 6.07 Å². The Morgan fingerprint density at radius 2 is 2.00 bits per heavy atom. The summed E-state index contributed by atoms with van der Waals surface area (Å²) >= 11 is 0. The van der Waals surface area contributed by atoms with Gasteiger partial charge in [-0.05, 0) is 12.1 Å². The summed E-state index contributed by atoms with van der Waals surface area (Å²) in [5, 5.41) is 0. The van der Waals surface area contributed by atoms with Crippen molar-refractivity contribution in [2.75, 3.05) is 13.7 Å². The van der Waals surface area contributed by atoms with Crippen molar-refractivity contribution in [1.29, 1.82) is 0 Å². The number of benzene rings is 1. The molecule has 1 aromatic rings. The smallest absolute Gasteiger partial charge is 0.416 e. The van der Waals surface area contributed by atoms with E-state index in [1.54, 1.807) is 0 Å². The van der Waals surface area contributed by atoms with Gasteiger partial charge in [0.05, 0.1) is 12.7 Å². The fourth-order valence-electron chi connectivity index (χ4n) is 1.32. The van der Waals surface area contributed by atoms with Gasteiger partial charge in [-0.2, -0.15) is 13.2 Å². The number of rotatable bonds is 3. The molecule has 0 unspecified atom stereocenters. The van der Waals surface area contributed by atoms with Crippen LogP contribution in [0.4, 0.5) is 13.2 Å². The van der Waals surface area contributed by atoms with Crippen molar-refractivity contribution in [1.82, 2.24) is 0 Å². The average molecular weight is 234 g/mol. The van der Waals surface area contributed by atoms with Crippen LogP contribution >= 0.6 is 0 Å². The molecule has 0 heterocycles. The van der Waals surface area contributed by atoms with Crippen LogP contribution in [0.3, 0.4) is 0 Å². The summed E-state index contributed by atoms with van der Waals surface area (Å²) in [6.45, 7) is 0.141. The maximum atomic E-state index is 12.4. The van der Waals surface area contributed by atoms with Gasteiger partial charge in [0.25, 0.3) is 0 Å². The third-order valence-electron chi connectivity index (χ3n) is 2.21. The summed E-state index contributed by atoms with van der Waals surface area (Å²) in [5.74, 6) is 0.104. The molecule has 0 aliphatic heterocycles. The van der Waals surface area contributed by atoms with Crippen molar-refractivity contribution in [2.24, 2.45) is 11.5 Å². The van der Waals surface area contributed by atoms with E-state index in [9.17, 15) is 13.2 Å². The van der Waals surface area contributed by atoms with Crippen molar-refractivity contribution in [3.8, 4) is 5.75 Å². The van der Waals surface area contributed by atoms with Crippen LogP contribution in [0, 0.1) is 0 Å². The van der Waals surface area contributed by atoms with Gasteiger partial charge in [0.15, 0.2) is 0 Å². The molecule has 0 aromatic heterocycles. The summed E-state index contributed by atoms with van der Waals surface area (Å²) in [4.78, 5) is 0. The van der Waals surface area contributed by atoms with Gasteiger partial charge >= 0.3 is 6.18 Å². The van der Waals surface area contributed by atoms with Gasteiger partial charge in [-0.25, -0.2) is 0 Å². The van der Waals surface area contributed by atoms with Crippen LogP contribution in [0.1, 0.15) is 17.2 Å². The van der Waals surface area contributed by atoms with E-state index in [-0.39, 0.29) is 12.3 Å². The molecule has 0 bridgehead atoms. The third kappa shape index (κ3) is 2.65. The quantitative estimate of drug-likeness (QED) is 0.836. The lowest BCUT2D eigenvalue weighted by Gasteiger charge is -2.16. The molecule has 0 aliphatic carbocycles. The van der Waals surface area contributed by atoms with Crippen LogP contribution in [-0.4, -0.2) is 13.7 Å². The molecule has 6 heteroatoms. The van der Waals surface area contributed by atoms with E-state index < -0.39 is 17.8 Å². The predicted molar refractivity (Wildman–Crippen MR) is 54.0 cm³/mol. The number of nitrogens with two attached hydrogens (primary N) is 2. The van der Waals surface area contributed by atoms with E-state index in [4.69, 9.17) is 16.2 Å². The second-order valence-corrected chi connectivity index (χ2v) is 3.30. The van der Waals surface area contributed by atoms with Gasteiger partial charge in [-0.3, -0.25) is 0 Å². The maximum absolute atomic E-state index is 12.4. The molecule has 16 heavy (non-hydrogen) atoms. The standard InChI is InChI=1S/C10H13F3N2O/c1-16-9-4-6(10(11,12)13)2-3-7(9)8(15)5-14/h2-4,8H,5,14-15H2,1H3/t8-/m1/s1. The summed E-state index contributed by atoms with van der Waals surface area (Å²) in [5.41, 5.74) is 10.7. The van der Waals surface area contributed by atoms with Crippen molar-refractivity contribution in [3.05, 3.63) is 29.3 Å². The Kier molecular flexibility index (Phi) is 3.77. The predicted octanol–water partition coefficient (Wildman–Crippen LogP) is 1.67. The van der Waals surface area contributed by atoms with Crippen LogP contribution in [-0.2, 0) is 6.18 Å². The molecule has 0 spiro atoms. The van der Waals surface area contributed by atoms with Crippen molar-refractivity contribution in [2.45, 2.75) is 12.2 Å².